The fraction of sp³-hybridized carbons (Fsp3) is 0.250. The topological polar surface area (TPSA) is 137 Å². The number of anilines is 2. The Morgan fingerprint density at radius 1 is 0.940 bits per heavy atom. The molecule has 0 spiro atoms. The quantitative estimate of drug-likeness (QED) is 0.216. The lowest BCUT2D eigenvalue weighted by Crippen LogP contribution is -2.56. The van der Waals surface area contributed by atoms with Crippen molar-refractivity contribution in [2.24, 2.45) is 0 Å². The summed E-state index contributed by atoms with van der Waals surface area (Å²) in [6.45, 7) is 0.421. The number of likely N-dealkylation sites (N-methyl/N-ethyl adjacent to an activating group) is 1. The smallest absolute Gasteiger partial charge is 0.422 e. The normalized spacial score (nSPS) is 15.2. The van der Waals surface area contributed by atoms with E-state index in [9.17, 15) is 42.3 Å². The average molecular weight is 691 g/mol. The Morgan fingerprint density at radius 2 is 1.56 bits per heavy atom. The molecule has 4 aromatic rings. The first-order valence-electron chi connectivity index (χ1n) is 15.5. The first kappa shape index (κ1) is 35.4. The number of carboxylic acid groups (broad SMARTS) is 1. The third kappa shape index (κ3) is 7.53. The maximum absolute atomic E-state index is 14.5. The van der Waals surface area contributed by atoms with E-state index in [2.05, 4.69) is 5.32 Å². The van der Waals surface area contributed by atoms with Crippen LogP contribution in [0.15, 0.2) is 84.9 Å². The number of Topliss-reactive ketones (excluding diaryl/α,β-unsaturated/α-hetero) is 1. The summed E-state index contributed by atoms with van der Waals surface area (Å²) in [5, 5.41) is 13.2. The van der Waals surface area contributed by atoms with Gasteiger partial charge >= 0.3 is 12.3 Å². The van der Waals surface area contributed by atoms with Crippen LogP contribution in [0.1, 0.15) is 40.1 Å². The Bertz CT molecular complexity index is 1970. The number of nitrogens with zero attached hydrogens (tertiary/aromatic N) is 3. The van der Waals surface area contributed by atoms with Crippen molar-refractivity contribution in [3.8, 4) is 5.75 Å². The molecule has 0 fully saturated rings. The number of ether oxygens (including phenoxy) is 1. The van der Waals surface area contributed by atoms with Crippen molar-refractivity contribution in [1.82, 2.24) is 10.2 Å². The molecule has 0 aromatic heterocycles. The van der Waals surface area contributed by atoms with Crippen LogP contribution in [0.5, 0.6) is 5.75 Å². The Morgan fingerprint density at radius 3 is 2.20 bits per heavy atom. The lowest BCUT2D eigenvalue weighted by atomic mass is 10.0. The number of benzene rings is 4. The van der Waals surface area contributed by atoms with Crippen LogP contribution in [-0.2, 0) is 16.1 Å². The number of nitrogens with one attached hydrogen (secondary N) is 1. The van der Waals surface area contributed by atoms with Gasteiger partial charge in [-0.2, -0.15) is 13.2 Å². The highest BCUT2D eigenvalue weighted by molar-refractivity contribution is 6.13. The van der Waals surface area contributed by atoms with E-state index < -0.39 is 48.7 Å². The molecule has 0 aliphatic carbocycles. The lowest BCUT2D eigenvalue weighted by molar-refractivity contribution is -0.153. The van der Waals surface area contributed by atoms with Gasteiger partial charge in [-0.25, -0.2) is 4.79 Å². The molecule has 4 amide bonds. The molecule has 11 nitrogen and oxygen atoms in total. The number of alkyl halides is 3. The van der Waals surface area contributed by atoms with Crippen LogP contribution in [0.3, 0.4) is 0 Å². The molecule has 2 N–H and O–H groups in total. The summed E-state index contributed by atoms with van der Waals surface area (Å²) in [6.07, 6.45) is -6.03. The van der Waals surface area contributed by atoms with Gasteiger partial charge < -0.3 is 25.0 Å². The SMILES string of the molecule is CC(=O)c1ccc(C(=O)N2C[C@H](NC(=O)[C@H](C)N(C)C(=O)O)C(=O)N(Cc3c(OCC(F)(F)F)ccc4ccccc34)c3ccccc32)cc1. The van der Waals surface area contributed by atoms with Gasteiger partial charge in [-0.1, -0.05) is 54.6 Å². The van der Waals surface area contributed by atoms with Gasteiger partial charge in [0.2, 0.25) is 5.91 Å². The minimum Gasteiger partial charge on any atom is -0.484 e. The Kier molecular flexibility index (Phi) is 10.1. The number of carbonyl (C=O) groups excluding carboxylic acids is 4. The van der Waals surface area contributed by atoms with E-state index in [0.29, 0.717) is 16.3 Å². The first-order valence-corrected chi connectivity index (χ1v) is 15.5. The van der Waals surface area contributed by atoms with E-state index in [0.717, 1.165) is 4.90 Å². The van der Waals surface area contributed by atoms with Gasteiger partial charge in [-0.3, -0.25) is 24.1 Å². The maximum atomic E-state index is 14.5. The van der Waals surface area contributed by atoms with Gasteiger partial charge in [0.25, 0.3) is 11.8 Å². The van der Waals surface area contributed by atoms with E-state index in [1.165, 1.54) is 61.0 Å². The zero-order chi connectivity index (χ0) is 36.3. The number of carbonyl (C=O) groups is 5. The molecule has 0 radical (unpaired) electrons. The summed E-state index contributed by atoms with van der Waals surface area (Å²) in [6, 6.07) is 19.5. The summed E-state index contributed by atoms with van der Waals surface area (Å²) >= 11 is 0. The van der Waals surface area contributed by atoms with Crippen molar-refractivity contribution < 1.29 is 47.0 Å². The van der Waals surface area contributed by atoms with Crippen LogP contribution in [0, 0.1) is 0 Å². The molecule has 1 heterocycles. The summed E-state index contributed by atoms with van der Waals surface area (Å²) < 4.78 is 45.1. The molecule has 2 atom stereocenters. The van der Waals surface area contributed by atoms with E-state index in [4.69, 9.17) is 4.74 Å². The van der Waals surface area contributed by atoms with Crippen LogP contribution in [0.4, 0.5) is 29.3 Å². The van der Waals surface area contributed by atoms with Gasteiger partial charge in [0, 0.05) is 23.7 Å². The molecule has 50 heavy (non-hydrogen) atoms. The number of ketones is 1. The van der Waals surface area contributed by atoms with Gasteiger partial charge in [0.15, 0.2) is 12.4 Å². The number of halogens is 3. The highest BCUT2D eigenvalue weighted by Gasteiger charge is 2.39. The van der Waals surface area contributed by atoms with E-state index in [-0.39, 0.29) is 47.1 Å². The van der Waals surface area contributed by atoms with Crippen LogP contribution in [-0.4, -0.2) is 78.1 Å². The molecule has 0 saturated carbocycles. The molecule has 4 aromatic carbocycles. The second-order valence-electron chi connectivity index (χ2n) is 11.8. The van der Waals surface area contributed by atoms with E-state index in [1.807, 2.05) is 0 Å². The molecule has 0 saturated heterocycles. The number of amides is 4. The molecular formula is C36H33F3N4O7. The number of hydrogen-bond donors (Lipinski definition) is 2. The van der Waals surface area contributed by atoms with Crippen molar-refractivity contribution in [3.05, 3.63) is 102 Å². The van der Waals surface area contributed by atoms with Crippen LogP contribution < -0.4 is 19.9 Å². The number of fused-ring (bicyclic) bond motifs is 2. The molecule has 0 unspecified atom stereocenters. The van der Waals surface area contributed by atoms with Crippen molar-refractivity contribution in [2.45, 2.75) is 38.7 Å². The lowest BCUT2D eigenvalue weighted by Gasteiger charge is -2.28. The van der Waals surface area contributed by atoms with Gasteiger partial charge in [0.1, 0.15) is 17.8 Å². The van der Waals surface area contributed by atoms with Crippen LogP contribution in [0.25, 0.3) is 10.8 Å². The fourth-order valence-corrected chi connectivity index (χ4v) is 5.62. The average Bonchev–Trinajstić information content (AvgIpc) is 3.20. The molecule has 5 rings (SSSR count). The number of rotatable bonds is 9. The second kappa shape index (κ2) is 14.3. The molecule has 0 bridgehead atoms. The van der Waals surface area contributed by atoms with E-state index >= 15 is 0 Å². The van der Waals surface area contributed by atoms with Gasteiger partial charge in [0.05, 0.1) is 24.5 Å². The summed E-state index contributed by atoms with van der Waals surface area (Å²) in [4.78, 5) is 68.8. The van der Waals surface area contributed by atoms with Crippen molar-refractivity contribution in [3.63, 3.8) is 0 Å². The third-order valence-corrected chi connectivity index (χ3v) is 8.46. The van der Waals surface area contributed by atoms with E-state index in [1.54, 1.807) is 54.6 Å². The minimum atomic E-state index is -4.65. The maximum Gasteiger partial charge on any atom is 0.422 e. The summed E-state index contributed by atoms with van der Waals surface area (Å²) in [5.74, 6) is -2.44. The summed E-state index contributed by atoms with van der Waals surface area (Å²) in [5.41, 5.74) is 1.27. The standard InChI is InChI=1S/C36H33F3N4O7/c1-21(41(3)35(48)49)32(45)40-28-19-43(33(46)25-14-12-23(13-15-25)22(2)44)30-11-7-6-10-29(30)42(34(28)47)18-27-26-9-5-4-8-24(26)16-17-31(27)50-20-36(37,38)39/h4-17,21,28H,18-20H2,1-3H3,(H,40,45)(H,48,49)/t21-,28-/m0/s1. The fourth-order valence-electron chi connectivity index (χ4n) is 5.62. The largest absolute Gasteiger partial charge is 0.484 e. The first-order chi connectivity index (χ1) is 23.7. The predicted molar refractivity (Wildman–Crippen MR) is 178 cm³/mol. The van der Waals surface area contributed by atoms with Crippen molar-refractivity contribution in [2.75, 3.05) is 30.0 Å². The van der Waals surface area contributed by atoms with Gasteiger partial charge in [-0.05, 0) is 55.0 Å². The minimum absolute atomic E-state index is 0.119. The number of hydrogen-bond acceptors (Lipinski definition) is 6. The highest BCUT2D eigenvalue weighted by atomic mass is 19.4. The zero-order valence-corrected chi connectivity index (χ0v) is 27.2. The zero-order valence-electron chi connectivity index (χ0n) is 27.2. The predicted octanol–water partition coefficient (Wildman–Crippen LogP) is 5.66. The van der Waals surface area contributed by atoms with Crippen LogP contribution >= 0.6 is 0 Å². The Balaban J connectivity index is 1.64. The van der Waals surface area contributed by atoms with Gasteiger partial charge in [-0.15, -0.1) is 0 Å². The Hall–Kier alpha value is -5.92. The molecular weight excluding hydrogens is 657 g/mol. The molecule has 14 heteroatoms. The molecule has 1 aliphatic heterocycles. The summed E-state index contributed by atoms with van der Waals surface area (Å²) in [7, 11) is 1.19. The highest BCUT2D eigenvalue weighted by Crippen LogP contribution is 2.38. The molecule has 1 aliphatic rings. The monoisotopic (exact) mass is 690 g/mol. The van der Waals surface area contributed by atoms with Crippen molar-refractivity contribution >= 4 is 51.7 Å². The molecule has 260 valence electrons. The Labute approximate surface area is 284 Å². The van der Waals surface area contributed by atoms with Crippen molar-refractivity contribution in [1.29, 1.82) is 0 Å². The van der Waals surface area contributed by atoms with Crippen LogP contribution in [0.2, 0.25) is 0 Å². The third-order valence-electron chi connectivity index (χ3n) is 8.46. The second-order valence-corrected chi connectivity index (χ2v) is 11.8. The number of para-hydroxylation sites is 2.